The Bertz CT molecular complexity index is 1260. The van der Waals surface area contributed by atoms with Gasteiger partial charge in [0.05, 0.1) is 25.4 Å². The number of rotatable bonds is 20. The molecule has 10 heteroatoms. The number of hydrogen-bond donors (Lipinski definition) is 0. The van der Waals surface area contributed by atoms with Crippen LogP contribution in [0.1, 0.15) is 22.3 Å². The Morgan fingerprint density at radius 2 is 1.33 bits per heavy atom. The van der Waals surface area contributed by atoms with Crippen LogP contribution in [0.5, 0.6) is 23.0 Å². The molecule has 0 fully saturated rings. The molecule has 0 amide bonds. The Labute approximate surface area is 245 Å². The molecule has 10 nitrogen and oxygen atoms in total. The van der Waals surface area contributed by atoms with E-state index in [1.165, 1.54) is 6.26 Å². The van der Waals surface area contributed by atoms with E-state index in [0.29, 0.717) is 67.2 Å². The Hall–Kier alpha value is -4.73. The zero-order chi connectivity index (χ0) is 29.8. The van der Waals surface area contributed by atoms with E-state index in [9.17, 15) is 4.79 Å². The maximum Gasteiger partial charge on any atom is 0.343 e. The van der Waals surface area contributed by atoms with Crippen LogP contribution >= 0.6 is 0 Å². The Morgan fingerprint density at radius 3 is 1.95 bits per heavy atom. The molecule has 222 valence electrons. The van der Waals surface area contributed by atoms with Crippen LogP contribution in [0.25, 0.3) is 5.76 Å². The third kappa shape index (κ3) is 11.8. The monoisotopic (exact) mass is 578 g/mol. The smallest absolute Gasteiger partial charge is 0.343 e. The first-order valence-corrected chi connectivity index (χ1v) is 13.0. The largest absolute Gasteiger partial charge is 0.494 e. The highest BCUT2D eigenvalue weighted by Crippen LogP contribution is 2.21. The van der Waals surface area contributed by atoms with Crippen molar-refractivity contribution in [3.05, 3.63) is 109 Å². The molecule has 0 aliphatic rings. The van der Waals surface area contributed by atoms with Gasteiger partial charge in [-0.3, -0.25) is 0 Å². The van der Waals surface area contributed by atoms with Gasteiger partial charge in [-0.05, 0) is 60.7 Å². The molecule has 0 N–H and O–H groups in total. The van der Waals surface area contributed by atoms with Crippen molar-refractivity contribution in [2.75, 3.05) is 47.1 Å². The van der Waals surface area contributed by atoms with Crippen LogP contribution in [0.2, 0.25) is 0 Å². The minimum atomic E-state index is -0.492. The fourth-order valence-electron chi connectivity index (χ4n) is 3.23. The molecule has 0 aliphatic carbocycles. The number of benzene rings is 3. The molecule has 0 radical (unpaired) electrons. The minimum Gasteiger partial charge on any atom is -0.494 e. The van der Waals surface area contributed by atoms with E-state index in [2.05, 4.69) is 23.8 Å². The summed E-state index contributed by atoms with van der Waals surface area (Å²) >= 11 is 0. The maximum atomic E-state index is 12.5. The van der Waals surface area contributed by atoms with Gasteiger partial charge >= 0.3 is 5.97 Å². The summed E-state index contributed by atoms with van der Waals surface area (Å²) in [5.74, 6) is 2.25. The highest BCUT2D eigenvalue weighted by molar-refractivity contribution is 5.91. The summed E-state index contributed by atoms with van der Waals surface area (Å²) in [6.07, 6.45) is 1.89. The van der Waals surface area contributed by atoms with Gasteiger partial charge in [0.15, 0.2) is 6.26 Å². The van der Waals surface area contributed by atoms with Crippen molar-refractivity contribution in [2.24, 2.45) is 0 Å². The highest BCUT2D eigenvalue weighted by atomic mass is 17.2. The first-order chi connectivity index (χ1) is 20.6. The van der Waals surface area contributed by atoms with E-state index in [1.807, 2.05) is 0 Å². The van der Waals surface area contributed by atoms with Crippen molar-refractivity contribution in [2.45, 2.75) is 6.42 Å². The zero-order valence-electron chi connectivity index (χ0n) is 23.5. The summed E-state index contributed by atoms with van der Waals surface area (Å²) in [6, 6.07) is 20.6. The van der Waals surface area contributed by atoms with Crippen LogP contribution in [-0.4, -0.2) is 53.1 Å². The number of ether oxygens (including phenoxy) is 7. The molecular formula is C32H34O10. The molecule has 0 heterocycles. The Kier molecular flexibility index (Phi) is 14.1. The number of methoxy groups -OCH3 is 1. The quantitative estimate of drug-likeness (QED) is 0.0234. The van der Waals surface area contributed by atoms with E-state index in [0.717, 1.165) is 5.56 Å². The number of carbonyl (C=O) groups excluding carboxylic acids is 1. The van der Waals surface area contributed by atoms with Gasteiger partial charge in [-0.2, -0.15) is 4.89 Å². The lowest BCUT2D eigenvalue weighted by atomic mass is 10.1. The van der Waals surface area contributed by atoms with Gasteiger partial charge in [-0.15, -0.1) is 0 Å². The van der Waals surface area contributed by atoms with Crippen molar-refractivity contribution < 1.29 is 47.7 Å². The predicted molar refractivity (Wildman–Crippen MR) is 154 cm³/mol. The average molecular weight is 579 g/mol. The molecule has 0 saturated carbocycles. The van der Waals surface area contributed by atoms with Crippen molar-refractivity contribution in [1.82, 2.24) is 0 Å². The molecule has 0 bridgehead atoms. The summed E-state index contributed by atoms with van der Waals surface area (Å²) in [6.45, 7) is 9.03. The summed E-state index contributed by atoms with van der Waals surface area (Å²) < 4.78 is 37.9. The van der Waals surface area contributed by atoms with Gasteiger partial charge in [-0.25, -0.2) is 4.79 Å². The highest BCUT2D eigenvalue weighted by Gasteiger charge is 2.10. The van der Waals surface area contributed by atoms with E-state index < -0.39 is 5.97 Å². The van der Waals surface area contributed by atoms with Crippen molar-refractivity contribution in [1.29, 1.82) is 0 Å². The summed E-state index contributed by atoms with van der Waals surface area (Å²) in [7, 11) is 1.55. The van der Waals surface area contributed by atoms with Gasteiger partial charge in [0.2, 0.25) is 6.79 Å². The van der Waals surface area contributed by atoms with Crippen LogP contribution < -0.4 is 18.9 Å². The lowest BCUT2D eigenvalue weighted by Gasteiger charge is -2.11. The molecule has 0 unspecified atom stereocenters. The van der Waals surface area contributed by atoms with E-state index in [1.54, 1.807) is 79.9 Å². The van der Waals surface area contributed by atoms with Gasteiger partial charge < -0.3 is 38.0 Å². The lowest BCUT2D eigenvalue weighted by molar-refractivity contribution is -0.249. The van der Waals surface area contributed by atoms with Crippen LogP contribution in [0.15, 0.2) is 97.9 Å². The van der Waals surface area contributed by atoms with Crippen molar-refractivity contribution in [3.63, 3.8) is 0 Å². The lowest BCUT2D eigenvalue weighted by Crippen LogP contribution is -2.09. The molecule has 3 rings (SSSR count). The molecule has 0 atom stereocenters. The third-order valence-corrected chi connectivity index (χ3v) is 5.30. The minimum absolute atomic E-state index is 0.00261. The van der Waals surface area contributed by atoms with Gasteiger partial charge in [0.25, 0.3) is 0 Å². The van der Waals surface area contributed by atoms with Crippen molar-refractivity contribution >= 4 is 11.7 Å². The molecule has 0 aromatic heterocycles. The SMILES string of the molecule is C=C=COOCCCOc1ccc(OCOc2ccc(OC(=O)c3ccc(C(=C)OCCOCOC)cc3)cc2)cc1. The summed E-state index contributed by atoms with van der Waals surface area (Å²) in [4.78, 5) is 22.1. The molecule has 0 spiro atoms. The van der Waals surface area contributed by atoms with Crippen LogP contribution in [0.4, 0.5) is 0 Å². The van der Waals surface area contributed by atoms with Gasteiger partial charge in [0.1, 0.15) is 42.2 Å². The van der Waals surface area contributed by atoms with Gasteiger partial charge in [0, 0.05) is 19.1 Å². The normalized spacial score (nSPS) is 10.2. The van der Waals surface area contributed by atoms with Crippen LogP contribution in [0.3, 0.4) is 0 Å². The molecule has 3 aromatic rings. The van der Waals surface area contributed by atoms with Gasteiger partial charge in [-0.1, -0.05) is 31.0 Å². The fourth-order valence-corrected chi connectivity index (χ4v) is 3.23. The first kappa shape index (κ1) is 31.8. The number of esters is 1. The number of carbonyl (C=O) groups is 1. The summed E-state index contributed by atoms with van der Waals surface area (Å²) in [5.41, 5.74) is 3.57. The fraction of sp³-hybridized carbons (Fsp3) is 0.250. The molecule has 42 heavy (non-hydrogen) atoms. The second kappa shape index (κ2) is 18.6. The number of hydrogen-bond acceptors (Lipinski definition) is 10. The zero-order valence-corrected chi connectivity index (χ0v) is 23.5. The van der Waals surface area contributed by atoms with E-state index in [4.69, 9.17) is 38.0 Å². The van der Waals surface area contributed by atoms with Crippen LogP contribution in [-0.2, 0) is 24.0 Å². The molecular weight excluding hydrogens is 544 g/mol. The standard InChI is InChI=1S/C32H34O10/c1-4-18-40-41-20-5-19-37-28-10-12-29(13-11-28)38-24-39-30-14-16-31(17-15-30)42-32(33)27-8-6-26(7-9-27)25(2)36-22-21-35-23-34-3/h6-18H,1-2,5,19-24H2,3H3. The molecule has 0 saturated heterocycles. The molecule has 0 aliphatic heterocycles. The topological polar surface area (TPSA) is 100 Å². The van der Waals surface area contributed by atoms with Crippen LogP contribution in [0, 0.1) is 0 Å². The predicted octanol–water partition coefficient (Wildman–Crippen LogP) is 5.94. The van der Waals surface area contributed by atoms with E-state index >= 15 is 0 Å². The summed E-state index contributed by atoms with van der Waals surface area (Å²) in [5, 5.41) is 0. The first-order valence-electron chi connectivity index (χ1n) is 13.0. The Morgan fingerprint density at radius 1 is 0.738 bits per heavy atom. The average Bonchev–Trinajstić information content (AvgIpc) is 3.02. The second-order valence-corrected chi connectivity index (χ2v) is 8.34. The maximum absolute atomic E-state index is 12.5. The third-order valence-electron chi connectivity index (χ3n) is 5.30. The Balaban J connectivity index is 1.34. The van der Waals surface area contributed by atoms with Crippen molar-refractivity contribution in [3.8, 4) is 23.0 Å². The van der Waals surface area contributed by atoms with E-state index in [-0.39, 0.29) is 13.6 Å². The molecule has 3 aromatic carbocycles. The second-order valence-electron chi connectivity index (χ2n) is 8.34.